The van der Waals surface area contributed by atoms with Crippen LogP contribution in [0.3, 0.4) is 0 Å². The molecule has 9 nitrogen and oxygen atoms in total. The number of carbonyl (C=O) groups excluding carboxylic acids is 2. The topological polar surface area (TPSA) is 140 Å². The molecule has 1 heterocycles. The predicted molar refractivity (Wildman–Crippen MR) is 97.2 cm³/mol. The lowest BCUT2D eigenvalue weighted by molar-refractivity contribution is -0.137. The molecule has 2 amide bonds. The molecule has 1 unspecified atom stereocenters. The van der Waals surface area contributed by atoms with Crippen LogP contribution < -0.4 is 10.6 Å². The molecule has 1 saturated heterocycles. The van der Waals surface area contributed by atoms with Gasteiger partial charge in [-0.05, 0) is 18.6 Å². The first-order valence-corrected chi connectivity index (χ1v) is 8.68. The molecule has 10 heteroatoms. The number of phenols is 1. The van der Waals surface area contributed by atoms with Gasteiger partial charge in [-0.25, -0.2) is 0 Å². The Morgan fingerprint density at radius 2 is 2.12 bits per heavy atom. The summed E-state index contributed by atoms with van der Waals surface area (Å²) in [4.78, 5) is 34.0. The maximum Gasteiger partial charge on any atom is 0.303 e. The molecule has 1 aliphatic rings. The van der Waals surface area contributed by atoms with E-state index in [1.54, 1.807) is 18.2 Å². The van der Waals surface area contributed by atoms with E-state index in [-0.39, 0.29) is 42.1 Å². The summed E-state index contributed by atoms with van der Waals surface area (Å²) in [6.07, 6.45) is 1.63. The van der Waals surface area contributed by atoms with Crippen molar-refractivity contribution in [1.29, 1.82) is 0 Å². The number of nitrogens with one attached hydrogen (secondary N) is 2. The number of carboxylic acid groups (broad SMARTS) is 1. The number of hydrogen-bond donors (Lipinski definition) is 4. The number of benzene rings is 1. The molecule has 0 aliphatic carbocycles. The zero-order chi connectivity index (χ0) is 18.9. The van der Waals surface area contributed by atoms with Gasteiger partial charge in [-0.1, -0.05) is 23.9 Å². The molecule has 0 bridgehead atoms. The quantitative estimate of drug-likeness (QED) is 0.298. The molecule has 1 aliphatic heterocycles. The van der Waals surface area contributed by atoms with E-state index in [1.165, 1.54) is 12.3 Å². The van der Waals surface area contributed by atoms with Gasteiger partial charge in [0.05, 0.1) is 6.21 Å². The number of phenolic OH excluding ortho intramolecular Hbond substituents is 1. The second kappa shape index (κ2) is 9.56. The van der Waals surface area contributed by atoms with Crippen molar-refractivity contribution in [2.75, 3.05) is 6.54 Å². The number of rotatable bonds is 8. The Morgan fingerprint density at radius 3 is 2.85 bits per heavy atom. The largest absolute Gasteiger partial charge is 0.507 e. The third-order valence-electron chi connectivity index (χ3n) is 3.32. The molecule has 0 spiro atoms. The molecule has 1 fully saturated rings. The van der Waals surface area contributed by atoms with Gasteiger partial charge in [-0.3, -0.25) is 14.4 Å². The SMILES string of the molecule is O=C(O)CCCNC(=O)CC1SC(=NN=Cc2ccccc2O)NC1=O. The summed E-state index contributed by atoms with van der Waals surface area (Å²) in [5, 5.41) is 30.6. The normalized spacial score (nSPS) is 18.2. The van der Waals surface area contributed by atoms with Gasteiger partial charge < -0.3 is 20.8 Å². The van der Waals surface area contributed by atoms with E-state index < -0.39 is 11.2 Å². The van der Waals surface area contributed by atoms with Crippen molar-refractivity contribution in [2.24, 2.45) is 10.2 Å². The Kier molecular flexibility index (Phi) is 7.15. The summed E-state index contributed by atoms with van der Waals surface area (Å²) in [5.74, 6) is -1.53. The van der Waals surface area contributed by atoms with E-state index in [2.05, 4.69) is 20.8 Å². The van der Waals surface area contributed by atoms with Crippen LogP contribution in [0.25, 0.3) is 0 Å². The molecule has 0 saturated carbocycles. The second-order valence-electron chi connectivity index (χ2n) is 5.36. The third-order valence-corrected chi connectivity index (χ3v) is 4.39. The fourth-order valence-corrected chi connectivity index (χ4v) is 2.96. The van der Waals surface area contributed by atoms with Gasteiger partial charge in [-0.2, -0.15) is 5.10 Å². The van der Waals surface area contributed by atoms with Crippen molar-refractivity contribution in [3.05, 3.63) is 29.8 Å². The van der Waals surface area contributed by atoms with Crippen LogP contribution in [0.2, 0.25) is 0 Å². The molecule has 1 aromatic carbocycles. The Morgan fingerprint density at radius 1 is 1.35 bits per heavy atom. The van der Waals surface area contributed by atoms with E-state index in [9.17, 15) is 19.5 Å². The third kappa shape index (κ3) is 6.20. The number of para-hydroxylation sites is 1. The number of carboxylic acids is 1. The minimum absolute atomic E-state index is 0.0231. The van der Waals surface area contributed by atoms with Gasteiger partial charge in [0, 0.05) is 24.9 Å². The summed E-state index contributed by atoms with van der Waals surface area (Å²) in [6.45, 7) is 0.246. The monoisotopic (exact) mass is 378 g/mol. The average molecular weight is 378 g/mol. The highest BCUT2D eigenvalue weighted by Crippen LogP contribution is 2.22. The van der Waals surface area contributed by atoms with Gasteiger partial charge in [0.15, 0.2) is 5.17 Å². The minimum atomic E-state index is -0.921. The summed E-state index contributed by atoms with van der Waals surface area (Å²) in [7, 11) is 0. The first-order chi connectivity index (χ1) is 12.5. The molecular weight excluding hydrogens is 360 g/mol. The molecule has 26 heavy (non-hydrogen) atoms. The highest BCUT2D eigenvalue weighted by molar-refractivity contribution is 8.15. The highest BCUT2D eigenvalue weighted by atomic mass is 32.2. The lowest BCUT2D eigenvalue weighted by atomic mass is 10.2. The zero-order valence-corrected chi connectivity index (χ0v) is 14.5. The van der Waals surface area contributed by atoms with Crippen LogP contribution in [0.4, 0.5) is 0 Å². The van der Waals surface area contributed by atoms with Crippen LogP contribution in [0.15, 0.2) is 34.5 Å². The smallest absolute Gasteiger partial charge is 0.303 e. The molecular formula is C16H18N4O5S. The maximum atomic E-state index is 11.9. The fourth-order valence-electron chi connectivity index (χ4n) is 2.03. The van der Waals surface area contributed by atoms with Gasteiger partial charge in [-0.15, -0.1) is 5.10 Å². The van der Waals surface area contributed by atoms with Crippen LogP contribution in [-0.2, 0) is 14.4 Å². The molecule has 138 valence electrons. The molecule has 4 N–H and O–H groups in total. The molecule has 0 radical (unpaired) electrons. The fraction of sp³-hybridized carbons (Fsp3) is 0.312. The van der Waals surface area contributed by atoms with E-state index >= 15 is 0 Å². The summed E-state index contributed by atoms with van der Waals surface area (Å²) in [6, 6.07) is 6.61. The number of aromatic hydroxyl groups is 1. The van der Waals surface area contributed by atoms with Crippen LogP contribution in [0, 0.1) is 0 Å². The van der Waals surface area contributed by atoms with Gasteiger partial charge in [0.1, 0.15) is 11.0 Å². The van der Waals surface area contributed by atoms with Crippen molar-refractivity contribution in [1.82, 2.24) is 10.6 Å². The Balaban J connectivity index is 1.81. The lowest BCUT2D eigenvalue weighted by Crippen LogP contribution is -2.31. The van der Waals surface area contributed by atoms with Crippen molar-refractivity contribution in [3.63, 3.8) is 0 Å². The maximum absolute atomic E-state index is 11.9. The number of nitrogens with zero attached hydrogens (tertiary/aromatic N) is 2. The Bertz CT molecular complexity index is 750. The standard InChI is InChI=1S/C16H18N4O5S/c21-11-5-2-1-4-10(11)9-18-20-16-19-15(25)12(26-16)8-13(22)17-7-3-6-14(23)24/h1-2,4-5,9,12,21H,3,6-8H2,(H,17,22)(H,23,24)(H,19,20,25). The number of amidine groups is 1. The number of hydrogen-bond acceptors (Lipinski definition) is 7. The van der Waals surface area contributed by atoms with Crippen LogP contribution in [0.1, 0.15) is 24.8 Å². The number of amides is 2. The Labute approximate surface area is 153 Å². The van der Waals surface area contributed by atoms with E-state index in [0.717, 1.165) is 11.8 Å². The van der Waals surface area contributed by atoms with Crippen LogP contribution in [-0.4, -0.2) is 51.2 Å². The lowest BCUT2D eigenvalue weighted by Gasteiger charge is -2.06. The molecule has 2 rings (SSSR count). The van der Waals surface area contributed by atoms with Gasteiger partial charge in [0.2, 0.25) is 11.8 Å². The van der Waals surface area contributed by atoms with E-state index in [4.69, 9.17) is 5.11 Å². The first kappa shape index (κ1) is 19.4. The van der Waals surface area contributed by atoms with Crippen molar-refractivity contribution >= 4 is 40.9 Å². The summed E-state index contributed by atoms with van der Waals surface area (Å²) in [5.41, 5.74) is 0.489. The number of carbonyl (C=O) groups is 3. The first-order valence-electron chi connectivity index (χ1n) is 7.80. The minimum Gasteiger partial charge on any atom is -0.507 e. The van der Waals surface area contributed by atoms with E-state index in [0.29, 0.717) is 12.0 Å². The van der Waals surface area contributed by atoms with Crippen LogP contribution in [0.5, 0.6) is 5.75 Å². The van der Waals surface area contributed by atoms with Crippen molar-refractivity contribution in [3.8, 4) is 5.75 Å². The van der Waals surface area contributed by atoms with Crippen LogP contribution >= 0.6 is 11.8 Å². The van der Waals surface area contributed by atoms with Gasteiger partial charge in [0.25, 0.3) is 0 Å². The summed E-state index contributed by atoms with van der Waals surface area (Å²) < 4.78 is 0. The predicted octanol–water partition coefficient (Wildman–Crippen LogP) is 0.685. The molecule has 0 aromatic heterocycles. The summed E-state index contributed by atoms with van der Waals surface area (Å²) >= 11 is 1.09. The molecule has 1 aromatic rings. The molecule has 1 atom stereocenters. The zero-order valence-electron chi connectivity index (χ0n) is 13.7. The van der Waals surface area contributed by atoms with Gasteiger partial charge >= 0.3 is 5.97 Å². The second-order valence-corrected chi connectivity index (χ2v) is 6.55. The van der Waals surface area contributed by atoms with Crippen molar-refractivity contribution in [2.45, 2.75) is 24.5 Å². The van der Waals surface area contributed by atoms with Crippen molar-refractivity contribution < 1.29 is 24.6 Å². The highest BCUT2D eigenvalue weighted by Gasteiger charge is 2.32. The number of aliphatic carboxylic acids is 1. The number of thioether (sulfide) groups is 1. The average Bonchev–Trinajstić information content (AvgIpc) is 2.93. The van der Waals surface area contributed by atoms with E-state index in [1.807, 2.05) is 0 Å². The Hall–Kier alpha value is -2.88.